The van der Waals surface area contributed by atoms with E-state index in [0.29, 0.717) is 6.61 Å². The molecule has 0 aromatic heterocycles. The van der Waals surface area contributed by atoms with Crippen LogP contribution < -0.4 is 4.74 Å². The lowest BCUT2D eigenvalue weighted by atomic mass is 10.1. The molecule has 0 aliphatic heterocycles. The van der Waals surface area contributed by atoms with Crippen LogP contribution in [0.25, 0.3) is 10.8 Å². The summed E-state index contributed by atoms with van der Waals surface area (Å²) in [7, 11) is 0. The van der Waals surface area contributed by atoms with Crippen LogP contribution in [0.4, 0.5) is 4.79 Å². The minimum absolute atomic E-state index is 0.134. The van der Waals surface area contributed by atoms with Gasteiger partial charge in [-0.25, -0.2) is 9.59 Å². The topological polar surface area (TPSA) is 61.8 Å². The van der Waals surface area contributed by atoms with Gasteiger partial charge in [-0.1, -0.05) is 37.6 Å². The highest BCUT2D eigenvalue weighted by Gasteiger charge is 2.22. The molecule has 0 heterocycles. The van der Waals surface area contributed by atoms with Crippen molar-refractivity contribution in [1.29, 1.82) is 0 Å². The SMILES string of the molecule is CCCCOC(=O)c1cc2ccccc2cc1OC(=O)OC(C)(C)C. The number of hydrogen-bond acceptors (Lipinski definition) is 5. The summed E-state index contributed by atoms with van der Waals surface area (Å²) in [6.45, 7) is 7.58. The maximum atomic E-state index is 12.4. The van der Waals surface area contributed by atoms with Crippen LogP contribution in [0.1, 0.15) is 50.9 Å². The molecule has 0 aliphatic carbocycles. The van der Waals surface area contributed by atoms with Crippen molar-refractivity contribution >= 4 is 22.9 Å². The second kappa shape index (κ2) is 8.01. The van der Waals surface area contributed by atoms with Crippen LogP contribution in [0, 0.1) is 0 Å². The number of carbonyl (C=O) groups excluding carboxylic acids is 2. The summed E-state index contributed by atoms with van der Waals surface area (Å²) in [6.07, 6.45) is 0.846. The second-order valence-electron chi connectivity index (χ2n) is 6.75. The zero-order valence-electron chi connectivity index (χ0n) is 15.1. The standard InChI is InChI=1S/C20H24O5/c1-5-6-11-23-18(21)16-12-14-9-7-8-10-15(14)13-17(16)24-19(22)25-20(2,3)4/h7-10,12-13H,5-6,11H2,1-4H3. The molecule has 0 atom stereocenters. The van der Waals surface area contributed by atoms with E-state index in [1.54, 1.807) is 32.9 Å². The van der Waals surface area contributed by atoms with Crippen LogP contribution in [0.2, 0.25) is 0 Å². The Kier molecular flexibility index (Phi) is 6.02. The summed E-state index contributed by atoms with van der Waals surface area (Å²) >= 11 is 0. The van der Waals surface area contributed by atoms with Crippen molar-refractivity contribution in [2.75, 3.05) is 6.61 Å². The molecule has 0 spiro atoms. The molecular formula is C20H24O5. The van der Waals surface area contributed by atoms with Gasteiger partial charge in [-0.3, -0.25) is 0 Å². The molecule has 0 saturated heterocycles. The average molecular weight is 344 g/mol. The molecule has 2 rings (SSSR count). The molecule has 0 amide bonds. The highest BCUT2D eigenvalue weighted by molar-refractivity contribution is 5.99. The number of hydrogen-bond donors (Lipinski definition) is 0. The molecule has 5 heteroatoms. The van der Waals surface area contributed by atoms with E-state index in [2.05, 4.69) is 0 Å². The summed E-state index contributed by atoms with van der Waals surface area (Å²) in [4.78, 5) is 24.4. The van der Waals surface area contributed by atoms with E-state index < -0.39 is 17.7 Å². The number of esters is 1. The van der Waals surface area contributed by atoms with E-state index in [-0.39, 0.29) is 11.3 Å². The first-order valence-corrected chi connectivity index (χ1v) is 8.41. The summed E-state index contributed by atoms with van der Waals surface area (Å²) in [5, 5.41) is 1.72. The van der Waals surface area contributed by atoms with Crippen molar-refractivity contribution in [3.8, 4) is 5.75 Å². The van der Waals surface area contributed by atoms with Crippen LogP contribution >= 0.6 is 0 Å². The summed E-state index contributed by atoms with van der Waals surface area (Å²) in [6, 6.07) is 10.8. The van der Waals surface area contributed by atoms with Gasteiger partial charge in [0.15, 0.2) is 0 Å². The Hall–Kier alpha value is -2.56. The van der Waals surface area contributed by atoms with Crippen LogP contribution in [-0.4, -0.2) is 24.3 Å². The second-order valence-corrected chi connectivity index (χ2v) is 6.75. The Morgan fingerprint density at radius 3 is 2.28 bits per heavy atom. The quantitative estimate of drug-likeness (QED) is 0.428. The van der Waals surface area contributed by atoms with Gasteiger partial charge >= 0.3 is 12.1 Å². The predicted octanol–water partition coefficient (Wildman–Crippen LogP) is 5.11. The van der Waals surface area contributed by atoms with Gasteiger partial charge in [0.25, 0.3) is 0 Å². The maximum absolute atomic E-state index is 12.4. The van der Waals surface area contributed by atoms with Gasteiger partial charge in [0.05, 0.1) is 6.61 Å². The molecule has 134 valence electrons. The van der Waals surface area contributed by atoms with Gasteiger partial charge in [-0.2, -0.15) is 0 Å². The van der Waals surface area contributed by atoms with E-state index in [4.69, 9.17) is 14.2 Å². The molecule has 0 unspecified atom stereocenters. The molecule has 0 N–H and O–H groups in total. The fourth-order valence-electron chi connectivity index (χ4n) is 2.21. The molecule has 0 aliphatic rings. The lowest BCUT2D eigenvalue weighted by molar-refractivity contribution is 0.0202. The maximum Gasteiger partial charge on any atom is 0.514 e. The fraction of sp³-hybridized carbons (Fsp3) is 0.400. The first kappa shape index (κ1) is 18.8. The normalized spacial score (nSPS) is 11.2. The van der Waals surface area contributed by atoms with Crippen molar-refractivity contribution < 1.29 is 23.8 Å². The number of ether oxygens (including phenoxy) is 3. The Morgan fingerprint density at radius 2 is 1.68 bits per heavy atom. The number of fused-ring (bicyclic) bond motifs is 1. The fourth-order valence-corrected chi connectivity index (χ4v) is 2.21. The van der Waals surface area contributed by atoms with Crippen molar-refractivity contribution in [3.63, 3.8) is 0 Å². The first-order valence-electron chi connectivity index (χ1n) is 8.41. The minimum atomic E-state index is -0.856. The van der Waals surface area contributed by atoms with E-state index in [0.717, 1.165) is 23.6 Å². The highest BCUT2D eigenvalue weighted by atomic mass is 16.7. The van der Waals surface area contributed by atoms with Crippen LogP contribution in [0.15, 0.2) is 36.4 Å². The number of rotatable bonds is 5. The Labute approximate surface area is 147 Å². The van der Waals surface area contributed by atoms with Gasteiger partial charge in [-0.15, -0.1) is 0 Å². The van der Waals surface area contributed by atoms with Crippen LogP contribution in [-0.2, 0) is 9.47 Å². The van der Waals surface area contributed by atoms with E-state index in [9.17, 15) is 9.59 Å². The van der Waals surface area contributed by atoms with E-state index in [1.807, 2.05) is 31.2 Å². The molecule has 0 bridgehead atoms. The van der Waals surface area contributed by atoms with Crippen LogP contribution in [0.5, 0.6) is 5.75 Å². The summed E-state index contributed by atoms with van der Waals surface area (Å²) in [5.41, 5.74) is -0.476. The third-order valence-corrected chi connectivity index (χ3v) is 3.38. The van der Waals surface area contributed by atoms with E-state index in [1.165, 1.54) is 0 Å². The largest absolute Gasteiger partial charge is 0.514 e. The molecule has 2 aromatic rings. The minimum Gasteiger partial charge on any atom is -0.462 e. The summed E-state index contributed by atoms with van der Waals surface area (Å²) in [5.74, 6) is -0.382. The van der Waals surface area contributed by atoms with Crippen molar-refractivity contribution in [1.82, 2.24) is 0 Å². The first-order chi connectivity index (χ1) is 11.8. The molecule has 2 aromatic carbocycles. The molecule has 0 radical (unpaired) electrons. The Morgan fingerprint density at radius 1 is 1.04 bits per heavy atom. The Balaban J connectivity index is 2.32. The molecule has 5 nitrogen and oxygen atoms in total. The average Bonchev–Trinajstić information content (AvgIpc) is 2.52. The zero-order chi connectivity index (χ0) is 18.4. The molecule has 0 fully saturated rings. The lowest BCUT2D eigenvalue weighted by Crippen LogP contribution is -2.26. The smallest absolute Gasteiger partial charge is 0.462 e. The monoisotopic (exact) mass is 344 g/mol. The van der Waals surface area contributed by atoms with Gasteiger partial charge in [0.2, 0.25) is 0 Å². The predicted molar refractivity (Wildman–Crippen MR) is 96.0 cm³/mol. The zero-order valence-corrected chi connectivity index (χ0v) is 15.1. The van der Waals surface area contributed by atoms with Crippen molar-refractivity contribution in [3.05, 3.63) is 42.0 Å². The lowest BCUT2D eigenvalue weighted by Gasteiger charge is -2.19. The van der Waals surface area contributed by atoms with Crippen molar-refractivity contribution in [2.24, 2.45) is 0 Å². The van der Waals surface area contributed by atoms with Crippen molar-refractivity contribution in [2.45, 2.75) is 46.1 Å². The molecule has 25 heavy (non-hydrogen) atoms. The Bertz CT molecular complexity index is 758. The van der Waals surface area contributed by atoms with Gasteiger partial charge in [0, 0.05) is 0 Å². The van der Waals surface area contributed by atoms with Gasteiger partial charge in [-0.05, 0) is 50.1 Å². The molecule has 0 saturated carbocycles. The third-order valence-electron chi connectivity index (χ3n) is 3.38. The molecular weight excluding hydrogens is 320 g/mol. The number of benzene rings is 2. The summed E-state index contributed by atoms with van der Waals surface area (Å²) < 4.78 is 15.7. The van der Waals surface area contributed by atoms with Gasteiger partial charge < -0.3 is 14.2 Å². The third kappa shape index (κ3) is 5.48. The van der Waals surface area contributed by atoms with Crippen LogP contribution in [0.3, 0.4) is 0 Å². The highest BCUT2D eigenvalue weighted by Crippen LogP contribution is 2.28. The number of carbonyl (C=O) groups is 2. The number of unbranched alkanes of at least 4 members (excludes halogenated alkanes) is 1. The van der Waals surface area contributed by atoms with E-state index >= 15 is 0 Å². The van der Waals surface area contributed by atoms with Gasteiger partial charge in [0.1, 0.15) is 16.9 Å².